The number of likely N-dealkylation sites (N-methyl/N-ethyl adjacent to an activating group) is 2. The molecule has 106 valence electrons. The van der Waals surface area contributed by atoms with Crippen LogP contribution in [0.3, 0.4) is 0 Å². The van der Waals surface area contributed by atoms with Gasteiger partial charge in [0.1, 0.15) is 0 Å². The van der Waals surface area contributed by atoms with Crippen LogP contribution in [0.2, 0.25) is 0 Å². The molecule has 1 atom stereocenters. The Morgan fingerprint density at radius 1 is 0.941 bits per heavy atom. The summed E-state index contributed by atoms with van der Waals surface area (Å²) in [7, 11) is 3.93. The summed E-state index contributed by atoms with van der Waals surface area (Å²) in [6.07, 6.45) is 0. The van der Waals surface area contributed by atoms with Crippen molar-refractivity contribution in [1.29, 1.82) is 0 Å². The average molecular weight is 246 g/mol. The van der Waals surface area contributed by atoms with Crippen molar-refractivity contribution in [2.45, 2.75) is 48.5 Å². The van der Waals surface area contributed by atoms with Crippen LogP contribution in [-0.4, -0.2) is 49.4 Å². The summed E-state index contributed by atoms with van der Waals surface area (Å²) in [6, 6.07) is 0. The minimum atomic E-state index is 0.160. The highest BCUT2D eigenvalue weighted by atomic mass is 16.2. The summed E-state index contributed by atoms with van der Waals surface area (Å²) >= 11 is 0. The molecule has 0 aromatic rings. The van der Waals surface area contributed by atoms with Crippen LogP contribution in [0.15, 0.2) is 0 Å². The van der Waals surface area contributed by atoms with Crippen molar-refractivity contribution >= 4 is 5.91 Å². The topological polar surface area (TPSA) is 23.6 Å². The van der Waals surface area contributed by atoms with Crippen molar-refractivity contribution in [3.63, 3.8) is 0 Å². The minimum absolute atomic E-state index is 0.160. The smallest absolute Gasteiger partial charge is 0.226 e. The molecule has 1 rings (SSSR count). The first kappa shape index (κ1) is 21.7. The second-order valence-corrected chi connectivity index (χ2v) is 3.42. The van der Waals surface area contributed by atoms with E-state index in [1.165, 1.54) is 0 Å². The Hall–Kier alpha value is -0.570. The number of nitrogens with zero attached hydrogens (tertiary/aromatic N) is 2. The summed E-state index contributed by atoms with van der Waals surface area (Å²) in [5, 5.41) is 0. The molecule has 3 heteroatoms. The van der Waals surface area contributed by atoms with E-state index in [9.17, 15) is 4.79 Å². The zero-order valence-electron chi connectivity index (χ0n) is 13.5. The number of carbonyl (C=O) groups excluding carboxylic acids is 1. The maximum Gasteiger partial charge on any atom is 0.226 e. The maximum absolute atomic E-state index is 11.4. The van der Waals surface area contributed by atoms with Crippen LogP contribution in [0.25, 0.3) is 0 Å². The van der Waals surface area contributed by atoms with Gasteiger partial charge in [-0.25, -0.2) is 0 Å². The van der Waals surface area contributed by atoms with Crippen molar-refractivity contribution in [2.75, 3.05) is 33.7 Å². The van der Waals surface area contributed by atoms with E-state index >= 15 is 0 Å². The molecule has 1 aliphatic rings. The Labute approximate surface area is 109 Å². The average Bonchev–Trinajstić information content (AvgIpc) is 2.51. The van der Waals surface area contributed by atoms with E-state index in [1.54, 1.807) is 0 Å². The lowest BCUT2D eigenvalue weighted by molar-refractivity contribution is -0.132. The van der Waals surface area contributed by atoms with Crippen LogP contribution in [0.4, 0.5) is 0 Å². The van der Waals surface area contributed by atoms with Crippen molar-refractivity contribution in [2.24, 2.45) is 5.92 Å². The van der Waals surface area contributed by atoms with Crippen LogP contribution in [0.5, 0.6) is 0 Å². The Bertz CT molecular complexity index is 160. The molecule has 0 saturated carbocycles. The fourth-order valence-electron chi connectivity index (χ4n) is 1.44. The molecule has 1 heterocycles. The van der Waals surface area contributed by atoms with Gasteiger partial charge in [0.05, 0.1) is 0 Å². The molecule has 0 spiro atoms. The number of hydrogen-bond acceptors (Lipinski definition) is 2. The zero-order valence-corrected chi connectivity index (χ0v) is 13.5. The zero-order chi connectivity index (χ0) is 14.4. The third-order valence-electron chi connectivity index (χ3n) is 2.20. The Kier molecular flexibility index (Phi) is 19.7. The second-order valence-electron chi connectivity index (χ2n) is 3.42. The van der Waals surface area contributed by atoms with E-state index in [4.69, 9.17) is 0 Å². The van der Waals surface area contributed by atoms with Crippen LogP contribution in [-0.2, 0) is 4.79 Å². The normalized spacial score (nSPS) is 19.7. The summed E-state index contributed by atoms with van der Waals surface area (Å²) in [6.45, 7) is 16.7. The van der Waals surface area contributed by atoms with Crippen molar-refractivity contribution in [1.82, 2.24) is 9.80 Å². The molecule has 1 unspecified atom stereocenters. The molecule has 0 bridgehead atoms. The highest BCUT2D eigenvalue weighted by molar-refractivity contribution is 5.78. The van der Waals surface area contributed by atoms with E-state index < -0.39 is 0 Å². The monoisotopic (exact) mass is 246 g/mol. The van der Waals surface area contributed by atoms with Gasteiger partial charge in [-0.15, -0.1) is 0 Å². The molecule has 0 aromatic carbocycles. The highest BCUT2D eigenvalue weighted by Crippen LogP contribution is 2.06. The molecule has 1 aliphatic heterocycles. The quantitative estimate of drug-likeness (QED) is 0.656. The standard InChI is InChI=1S/C8H16N2O.3C2H6/c1-7-6-9(2)4-5-10(3)8(7)11;3*1-2/h7H,4-6H2,1-3H3;3*1-2H3. The van der Waals surface area contributed by atoms with E-state index in [0.717, 1.165) is 19.6 Å². The molecule has 0 N–H and O–H groups in total. The summed E-state index contributed by atoms with van der Waals surface area (Å²) in [5.74, 6) is 0.432. The van der Waals surface area contributed by atoms with Gasteiger partial charge >= 0.3 is 0 Å². The van der Waals surface area contributed by atoms with Crippen LogP contribution in [0.1, 0.15) is 48.5 Å². The van der Waals surface area contributed by atoms with E-state index in [-0.39, 0.29) is 11.8 Å². The highest BCUT2D eigenvalue weighted by Gasteiger charge is 2.22. The van der Waals surface area contributed by atoms with Crippen molar-refractivity contribution in [3.05, 3.63) is 0 Å². The van der Waals surface area contributed by atoms with Gasteiger partial charge in [-0.2, -0.15) is 0 Å². The number of rotatable bonds is 0. The first-order valence-corrected chi connectivity index (χ1v) is 7.05. The molecule has 0 aromatic heterocycles. The SMILES string of the molecule is CC.CC.CC.CC1CN(C)CCN(C)C1=O. The summed E-state index contributed by atoms with van der Waals surface area (Å²) < 4.78 is 0. The molecule has 3 nitrogen and oxygen atoms in total. The van der Waals surface area contributed by atoms with Gasteiger partial charge in [0.15, 0.2) is 0 Å². The fraction of sp³-hybridized carbons (Fsp3) is 0.929. The lowest BCUT2D eigenvalue weighted by atomic mass is 10.1. The minimum Gasteiger partial charge on any atom is -0.344 e. The molecular formula is C14H34N2O. The number of carbonyl (C=O) groups is 1. The molecular weight excluding hydrogens is 212 g/mol. The van der Waals surface area contributed by atoms with Crippen molar-refractivity contribution in [3.8, 4) is 0 Å². The fourth-order valence-corrected chi connectivity index (χ4v) is 1.44. The first-order valence-electron chi connectivity index (χ1n) is 7.05. The number of hydrogen-bond donors (Lipinski definition) is 0. The largest absolute Gasteiger partial charge is 0.344 e. The molecule has 1 fully saturated rings. The van der Waals surface area contributed by atoms with Crippen LogP contribution >= 0.6 is 0 Å². The Morgan fingerprint density at radius 2 is 1.35 bits per heavy atom. The predicted molar refractivity (Wildman–Crippen MR) is 78.3 cm³/mol. The molecule has 0 aliphatic carbocycles. The first-order chi connectivity index (χ1) is 8.11. The lowest BCUT2D eigenvalue weighted by Crippen LogP contribution is -2.31. The van der Waals surface area contributed by atoms with Gasteiger partial charge in [-0.1, -0.05) is 48.5 Å². The van der Waals surface area contributed by atoms with Gasteiger partial charge < -0.3 is 9.80 Å². The maximum atomic E-state index is 11.4. The van der Waals surface area contributed by atoms with E-state index in [0.29, 0.717) is 0 Å². The molecule has 0 radical (unpaired) electrons. The van der Waals surface area contributed by atoms with Gasteiger partial charge in [0.25, 0.3) is 0 Å². The van der Waals surface area contributed by atoms with E-state index in [1.807, 2.05) is 60.4 Å². The van der Waals surface area contributed by atoms with Gasteiger partial charge in [0, 0.05) is 32.6 Å². The van der Waals surface area contributed by atoms with Gasteiger partial charge in [0.2, 0.25) is 5.91 Å². The molecule has 1 saturated heterocycles. The molecule has 1 amide bonds. The Morgan fingerprint density at radius 3 is 1.76 bits per heavy atom. The second kappa shape index (κ2) is 15.4. The summed E-state index contributed by atoms with van der Waals surface area (Å²) in [4.78, 5) is 15.4. The Balaban J connectivity index is -0.000000285. The van der Waals surface area contributed by atoms with E-state index in [2.05, 4.69) is 11.9 Å². The van der Waals surface area contributed by atoms with Crippen LogP contribution < -0.4 is 0 Å². The van der Waals surface area contributed by atoms with Crippen LogP contribution in [0, 0.1) is 5.92 Å². The third kappa shape index (κ3) is 10.3. The van der Waals surface area contributed by atoms with Crippen molar-refractivity contribution < 1.29 is 4.79 Å². The van der Waals surface area contributed by atoms with Gasteiger partial charge in [-0.3, -0.25) is 4.79 Å². The number of amides is 1. The summed E-state index contributed by atoms with van der Waals surface area (Å²) in [5.41, 5.74) is 0. The molecule has 17 heavy (non-hydrogen) atoms. The predicted octanol–water partition coefficient (Wildman–Crippen LogP) is 3.10. The van der Waals surface area contributed by atoms with Gasteiger partial charge in [-0.05, 0) is 7.05 Å². The lowest BCUT2D eigenvalue weighted by Gasteiger charge is -2.15. The third-order valence-corrected chi connectivity index (χ3v) is 2.20.